The third-order valence-electron chi connectivity index (χ3n) is 3.66. The molecular formula is C15H14BrFN2O3. The molecule has 1 fully saturated rings. The van der Waals surface area contributed by atoms with Crippen molar-refractivity contribution in [3.63, 3.8) is 0 Å². The van der Waals surface area contributed by atoms with Crippen LogP contribution in [0.1, 0.15) is 36.2 Å². The standard InChI is InChI=1S/C15H14BrFN2O3/c1-2-22-15(21)8-6-19(7-3-4-7)13-11(14(8)20)10(18)5-9(16)12(13)17/h5-7H,2-4,18H2,1H3. The van der Waals surface area contributed by atoms with Crippen molar-refractivity contribution in [3.8, 4) is 0 Å². The van der Waals surface area contributed by atoms with E-state index in [0.717, 1.165) is 12.8 Å². The van der Waals surface area contributed by atoms with Gasteiger partial charge < -0.3 is 15.0 Å². The molecule has 2 aromatic rings. The largest absolute Gasteiger partial charge is 0.462 e. The van der Waals surface area contributed by atoms with E-state index in [1.165, 1.54) is 12.3 Å². The number of rotatable bonds is 3. The van der Waals surface area contributed by atoms with E-state index < -0.39 is 17.2 Å². The first kappa shape index (κ1) is 15.0. The lowest BCUT2D eigenvalue weighted by atomic mass is 10.1. The maximum atomic E-state index is 14.5. The Morgan fingerprint density at radius 3 is 2.82 bits per heavy atom. The van der Waals surface area contributed by atoms with Gasteiger partial charge in [-0.3, -0.25) is 4.79 Å². The summed E-state index contributed by atoms with van der Waals surface area (Å²) >= 11 is 3.11. The number of pyridine rings is 1. The lowest BCUT2D eigenvalue weighted by molar-refractivity contribution is 0.0524. The Morgan fingerprint density at radius 1 is 1.55 bits per heavy atom. The Kier molecular flexibility index (Phi) is 3.68. The van der Waals surface area contributed by atoms with Crippen LogP contribution in [0.4, 0.5) is 10.1 Å². The zero-order valence-electron chi connectivity index (χ0n) is 11.9. The van der Waals surface area contributed by atoms with Crippen LogP contribution in [0.3, 0.4) is 0 Å². The number of carbonyl (C=O) groups excluding carboxylic acids is 1. The predicted molar refractivity (Wildman–Crippen MR) is 84.5 cm³/mol. The number of aromatic nitrogens is 1. The number of esters is 1. The van der Waals surface area contributed by atoms with E-state index in [2.05, 4.69) is 15.9 Å². The summed E-state index contributed by atoms with van der Waals surface area (Å²) in [5.74, 6) is -1.27. The number of hydrogen-bond donors (Lipinski definition) is 1. The Bertz CT molecular complexity index is 843. The van der Waals surface area contributed by atoms with Gasteiger partial charge in [-0.15, -0.1) is 0 Å². The van der Waals surface area contributed by atoms with Crippen molar-refractivity contribution in [1.82, 2.24) is 4.57 Å². The fourth-order valence-electron chi connectivity index (χ4n) is 2.50. The SMILES string of the molecule is CCOC(=O)c1cn(C2CC2)c2c(F)c(Br)cc(N)c2c1=O. The number of anilines is 1. The Labute approximate surface area is 134 Å². The molecule has 0 bridgehead atoms. The summed E-state index contributed by atoms with van der Waals surface area (Å²) in [6.45, 7) is 1.81. The highest BCUT2D eigenvalue weighted by Gasteiger charge is 2.29. The second-order valence-electron chi connectivity index (χ2n) is 5.22. The molecule has 3 rings (SSSR count). The third kappa shape index (κ3) is 2.29. The molecule has 1 saturated carbocycles. The lowest BCUT2D eigenvalue weighted by Gasteiger charge is -2.15. The zero-order chi connectivity index (χ0) is 16.0. The van der Waals surface area contributed by atoms with Crippen LogP contribution in [0.25, 0.3) is 10.9 Å². The van der Waals surface area contributed by atoms with Gasteiger partial charge in [-0.2, -0.15) is 0 Å². The van der Waals surface area contributed by atoms with Crippen LogP contribution in [0.15, 0.2) is 21.5 Å². The van der Waals surface area contributed by atoms with Crippen LogP contribution < -0.4 is 11.2 Å². The molecule has 0 saturated heterocycles. The van der Waals surface area contributed by atoms with Crippen LogP contribution in [-0.4, -0.2) is 17.1 Å². The number of nitrogen functional groups attached to an aromatic ring is 1. The van der Waals surface area contributed by atoms with E-state index in [1.807, 2.05) is 0 Å². The van der Waals surface area contributed by atoms with E-state index in [9.17, 15) is 14.0 Å². The predicted octanol–water partition coefficient (Wildman–Crippen LogP) is 3.00. The Morgan fingerprint density at radius 2 is 2.23 bits per heavy atom. The topological polar surface area (TPSA) is 74.3 Å². The summed E-state index contributed by atoms with van der Waals surface area (Å²) in [6.07, 6.45) is 3.12. The van der Waals surface area contributed by atoms with Crippen LogP contribution >= 0.6 is 15.9 Å². The highest BCUT2D eigenvalue weighted by atomic mass is 79.9. The summed E-state index contributed by atoms with van der Waals surface area (Å²) in [7, 11) is 0. The number of nitrogens with zero attached hydrogens (tertiary/aromatic N) is 1. The number of nitrogens with two attached hydrogens (primary N) is 1. The fraction of sp³-hybridized carbons (Fsp3) is 0.333. The van der Waals surface area contributed by atoms with Crippen molar-refractivity contribution >= 4 is 38.5 Å². The molecular weight excluding hydrogens is 355 g/mol. The van der Waals surface area contributed by atoms with E-state index in [1.54, 1.807) is 11.5 Å². The van der Waals surface area contributed by atoms with Gasteiger partial charge in [0.25, 0.3) is 0 Å². The molecule has 1 aromatic heterocycles. The average molecular weight is 369 g/mol. The highest BCUT2D eigenvalue weighted by molar-refractivity contribution is 9.10. The monoisotopic (exact) mass is 368 g/mol. The minimum atomic E-state index is -0.716. The molecule has 1 aliphatic carbocycles. The molecule has 0 unspecified atom stereocenters. The number of benzene rings is 1. The van der Waals surface area contributed by atoms with Gasteiger partial charge in [0.15, 0.2) is 5.82 Å². The number of hydrogen-bond acceptors (Lipinski definition) is 4. The van der Waals surface area contributed by atoms with Crippen LogP contribution in [0, 0.1) is 5.82 Å². The van der Waals surface area contributed by atoms with Gasteiger partial charge in [0.2, 0.25) is 5.43 Å². The van der Waals surface area contributed by atoms with Crippen molar-refractivity contribution in [2.75, 3.05) is 12.3 Å². The summed E-state index contributed by atoms with van der Waals surface area (Å²) in [5, 5.41) is 0.0261. The van der Waals surface area contributed by atoms with Gasteiger partial charge in [-0.25, -0.2) is 9.18 Å². The quantitative estimate of drug-likeness (QED) is 0.667. The summed E-state index contributed by atoms with van der Waals surface area (Å²) < 4.78 is 21.2. The zero-order valence-corrected chi connectivity index (χ0v) is 13.4. The number of fused-ring (bicyclic) bond motifs is 1. The van der Waals surface area contributed by atoms with E-state index in [4.69, 9.17) is 10.5 Å². The second-order valence-corrected chi connectivity index (χ2v) is 6.07. The maximum Gasteiger partial charge on any atom is 0.343 e. The van der Waals surface area contributed by atoms with Crippen molar-refractivity contribution in [1.29, 1.82) is 0 Å². The minimum absolute atomic E-state index is 0.0261. The lowest BCUT2D eigenvalue weighted by Crippen LogP contribution is -2.22. The molecule has 1 aliphatic rings. The van der Waals surface area contributed by atoms with Gasteiger partial charge in [0.05, 0.1) is 22.0 Å². The Balaban J connectivity index is 2.41. The molecule has 0 aliphatic heterocycles. The van der Waals surface area contributed by atoms with Crippen molar-refractivity contribution in [2.24, 2.45) is 0 Å². The van der Waals surface area contributed by atoms with Crippen LogP contribution in [0.5, 0.6) is 0 Å². The van der Waals surface area contributed by atoms with E-state index in [-0.39, 0.29) is 39.3 Å². The van der Waals surface area contributed by atoms with Crippen molar-refractivity contribution < 1.29 is 13.9 Å². The van der Waals surface area contributed by atoms with Gasteiger partial charge in [-0.1, -0.05) is 0 Å². The van der Waals surface area contributed by atoms with Gasteiger partial charge in [-0.05, 0) is 41.8 Å². The summed E-state index contributed by atoms with van der Waals surface area (Å²) in [6, 6.07) is 1.41. The number of carbonyl (C=O) groups is 1. The fourth-order valence-corrected chi connectivity index (χ4v) is 2.94. The first-order valence-corrected chi connectivity index (χ1v) is 7.74. The summed E-state index contributed by atoms with van der Waals surface area (Å²) in [5.41, 5.74) is 5.44. The normalized spacial score (nSPS) is 14.3. The molecule has 7 heteroatoms. The molecule has 116 valence electrons. The minimum Gasteiger partial charge on any atom is -0.462 e. The molecule has 5 nitrogen and oxygen atoms in total. The van der Waals surface area contributed by atoms with Crippen LogP contribution in [0.2, 0.25) is 0 Å². The highest BCUT2D eigenvalue weighted by Crippen LogP contribution is 2.39. The van der Waals surface area contributed by atoms with Gasteiger partial charge >= 0.3 is 5.97 Å². The van der Waals surface area contributed by atoms with E-state index >= 15 is 0 Å². The van der Waals surface area contributed by atoms with Crippen molar-refractivity contribution in [2.45, 2.75) is 25.8 Å². The van der Waals surface area contributed by atoms with Gasteiger partial charge in [0.1, 0.15) is 5.56 Å². The molecule has 0 amide bonds. The molecule has 2 N–H and O–H groups in total. The third-order valence-corrected chi connectivity index (χ3v) is 4.24. The molecule has 0 atom stereocenters. The number of ether oxygens (including phenoxy) is 1. The molecule has 22 heavy (non-hydrogen) atoms. The Hall–Kier alpha value is -1.89. The first-order valence-electron chi connectivity index (χ1n) is 6.95. The number of halogens is 2. The first-order chi connectivity index (χ1) is 10.5. The average Bonchev–Trinajstić information content (AvgIpc) is 3.29. The van der Waals surface area contributed by atoms with Gasteiger partial charge in [0, 0.05) is 17.9 Å². The smallest absolute Gasteiger partial charge is 0.343 e. The van der Waals surface area contributed by atoms with Crippen LogP contribution in [-0.2, 0) is 4.74 Å². The van der Waals surface area contributed by atoms with E-state index in [0.29, 0.717) is 0 Å². The molecule has 1 heterocycles. The second kappa shape index (κ2) is 5.39. The molecule has 0 radical (unpaired) electrons. The molecule has 1 aromatic carbocycles. The summed E-state index contributed by atoms with van der Waals surface area (Å²) in [4.78, 5) is 24.5. The van der Waals surface area contributed by atoms with Crippen molar-refractivity contribution in [3.05, 3.63) is 38.3 Å². The molecule has 0 spiro atoms. The maximum absolute atomic E-state index is 14.5.